The van der Waals surface area contributed by atoms with Gasteiger partial charge < -0.3 is 9.84 Å². The fourth-order valence-electron chi connectivity index (χ4n) is 1.95. The first-order valence-corrected chi connectivity index (χ1v) is 6.64. The van der Waals surface area contributed by atoms with Gasteiger partial charge in [-0.25, -0.2) is 0 Å². The van der Waals surface area contributed by atoms with E-state index in [1.54, 1.807) is 0 Å². The predicted molar refractivity (Wildman–Crippen MR) is 63.0 cm³/mol. The van der Waals surface area contributed by atoms with Gasteiger partial charge in [0.25, 0.3) is 0 Å². The summed E-state index contributed by atoms with van der Waals surface area (Å²) in [4.78, 5) is 0. The molecule has 1 rings (SSSR count). The van der Waals surface area contributed by atoms with Crippen molar-refractivity contribution >= 4 is 0 Å². The van der Waals surface area contributed by atoms with E-state index in [9.17, 15) is 5.11 Å². The Bertz CT molecular complexity index is 143. The molecule has 2 heteroatoms. The van der Waals surface area contributed by atoms with Crippen LogP contribution >= 0.6 is 0 Å². The highest BCUT2D eigenvalue weighted by atomic mass is 16.6. The van der Waals surface area contributed by atoms with Crippen LogP contribution in [0, 0.1) is 0 Å². The van der Waals surface area contributed by atoms with Gasteiger partial charge in [0.1, 0.15) is 6.10 Å². The molecule has 1 aliphatic heterocycles. The maximum Gasteiger partial charge on any atom is 0.107 e. The molecule has 1 fully saturated rings. The van der Waals surface area contributed by atoms with Crippen molar-refractivity contribution in [2.45, 2.75) is 76.9 Å². The number of ether oxygens (including phenoxy) is 1. The Kier molecular flexibility index (Phi) is 7.03. The lowest BCUT2D eigenvalue weighted by Gasteiger charge is -2.06. The average molecular weight is 214 g/mol. The molecule has 0 aliphatic carbocycles. The number of rotatable bonds is 10. The predicted octanol–water partition coefficient (Wildman–Crippen LogP) is 3.28. The van der Waals surface area contributed by atoms with Gasteiger partial charge in [-0.3, -0.25) is 0 Å². The topological polar surface area (TPSA) is 32.8 Å². The number of epoxide rings is 1. The lowest BCUT2D eigenvalue weighted by atomic mass is 10.0. The minimum atomic E-state index is -0.190. The third kappa shape index (κ3) is 6.91. The summed E-state index contributed by atoms with van der Waals surface area (Å²) in [5.41, 5.74) is 0. The summed E-state index contributed by atoms with van der Waals surface area (Å²) in [6, 6.07) is 0. The van der Waals surface area contributed by atoms with E-state index in [1.807, 2.05) is 0 Å². The first-order valence-electron chi connectivity index (χ1n) is 6.64. The van der Waals surface area contributed by atoms with Crippen LogP contribution in [0.25, 0.3) is 0 Å². The minimum absolute atomic E-state index is 0.176. The van der Waals surface area contributed by atoms with Crippen molar-refractivity contribution in [1.29, 1.82) is 0 Å². The smallest absolute Gasteiger partial charge is 0.107 e. The van der Waals surface area contributed by atoms with Crippen molar-refractivity contribution < 1.29 is 9.84 Å². The summed E-state index contributed by atoms with van der Waals surface area (Å²) in [6.45, 7) is 3.03. The lowest BCUT2D eigenvalue weighted by molar-refractivity contribution is 0.123. The van der Waals surface area contributed by atoms with Crippen molar-refractivity contribution in [3.8, 4) is 0 Å². The van der Waals surface area contributed by atoms with Crippen LogP contribution in [0.15, 0.2) is 0 Å². The molecule has 2 nitrogen and oxygen atoms in total. The molecule has 0 spiro atoms. The summed E-state index contributed by atoms with van der Waals surface area (Å²) < 4.78 is 5.04. The highest BCUT2D eigenvalue weighted by molar-refractivity contribution is 4.77. The van der Waals surface area contributed by atoms with Crippen LogP contribution in [0.1, 0.15) is 64.7 Å². The second-order valence-corrected chi connectivity index (χ2v) is 4.70. The second-order valence-electron chi connectivity index (χ2n) is 4.70. The molecule has 1 saturated heterocycles. The Balaban J connectivity index is 1.72. The maximum absolute atomic E-state index is 9.54. The fraction of sp³-hybridized carbons (Fsp3) is 1.00. The van der Waals surface area contributed by atoms with Gasteiger partial charge in [0.05, 0.1) is 12.7 Å². The van der Waals surface area contributed by atoms with Gasteiger partial charge in [-0.1, -0.05) is 58.3 Å². The number of aliphatic hydroxyl groups is 1. The quantitative estimate of drug-likeness (QED) is 0.447. The largest absolute Gasteiger partial charge is 0.390 e. The van der Waals surface area contributed by atoms with Crippen molar-refractivity contribution in [2.75, 3.05) is 6.61 Å². The molecular formula is C13H26O2. The Labute approximate surface area is 94.0 Å². The van der Waals surface area contributed by atoms with Gasteiger partial charge in [0.15, 0.2) is 0 Å². The van der Waals surface area contributed by atoms with Crippen molar-refractivity contribution in [3.05, 3.63) is 0 Å². The minimum Gasteiger partial charge on any atom is -0.390 e. The Morgan fingerprint density at radius 3 is 2.13 bits per heavy atom. The lowest BCUT2D eigenvalue weighted by Crippen LogP contribution is -2.13. The van der Waals surface area contributed by atoms with E-state index in [4.69, 9.17) is 4.74 Å². The zero-order valence-corrected chi connectivity index (χ0v) is 10.1. The molecular weight excluding hydrogens is 188 g/mol. The van der Waals surface area contributed by atoms with Crippen molar-refractivity contribution in [2.24, 2.45) is 0 Å². The number of aliphatic hydroxyl groups excluding tert-OH is 1. The SMILES string of the molecule is CCCCCCCCCCC(O)C1CO1. The molecule has 2 atom stereocenters. The summed E-state index contributed by atoms with van der Waals surface area (Å²) in [7, 11) is 0. The Morgan fingerprint density at radius 2 is 1.60 bits per heavy atom. The first kappa shape index (κ1) is 13.0. The van der Waals surface area contributed by atoms with Gasteiger partial charge in [0.2, 0.25) is 0 Å². The van der Waals surface area contributed by atoms with Gasteiger partial charge >= 0.3 is 0 Å². The molecule has 1 N–H and O–H groups in total. The van der Waals surface area contributed by atoms with E-state index >= 15 is 0 Å². The molecule has 0 radical (unpaired) electrons. The molecule has 0 bridgehead atoms. The van der Waals surface area contributed by atoms with Crippen LogP contribution in [0.2, 0.25) is 0 Å². The van der Waals surface area contributed by atoms with Gasteiger partial charge in [-0.15, -0.1) is 0 Å². The summed E-state index contributed by atoms with van der Waals surface area (Å²) in [5.74, 6) is 0. The standard InChI is InChI=1S/C13H26O2/c1-2-3-4-5-6-7-8-9-10-12(14)13-11-15-13/h12-14H,2-11H2,1H3. The van der Waals surface area contributed by atoms with Crippen molar-refractivity contribution in [1.82, 2.24) is 0 Å². The van der Waals surface area contributed by atoms with E-state index < -0.39 is 0 Å². The molecule has 0 aromatic carbocycles. The van der Waals surface area contributed by atoms with E-state index in [0.29, 0.717) is 0 Å². The molecule has 2 unspecified atom stereocenters. The number of unbranched alkanes of at least 4 members (excludes halogenated alkanes) is 7. The molecule has 0 aromatic heterocycles. The number of hydrogen-bond donors (Lipinski definition) is 1. The summed E-state index contributed by atoms with van der Waals surface area (Å²) in [5, 5.41) is 9.54. The van der Waals surface area contributed by atoms with E-state index in [-0.39, 0.29) is 12.2 Å². The summed E-state index contributed by atoms with van der Waals surface area (Å²) in [6.07, 6.45) is 11.6. The molecule has 90 valence electrons. The monoisotopic (exact) mass is 214 g/mol. The molecule has 0 saturated carbocycles. The highest BCUT2D eigenvalue weighted by Gasteiger charge is 2.30. The zero-order chi connectivity index (χ0) is 10.9. The fourth-order valence-corrected chi connectivity index (χ4v) is 1.95. The molecule has 1 aliphatic rings. The van der Waals surface area contributed by atoms with E-state index in [0.717, 1.165) is 19.4 Å². The third-order valence-corrected chi connectivity index (χ3v) is 3.14. The van der Waals surface area contributed by atoms with Gasteiger partial charge in [0, 0.05) is 0 Å². The van der Waals surface area contributed by atoms with E-state index in [1.165, 1.54) is 44.9 Å². The highest BCUT2D eigenvalue weighted by Crippen LogP contribution is 2.19. The van der Waals surface area contributed by atoms with Gasteiger partial charge in [-0.05, 0) is 6.42 Å². The molecule has 0 amide bonds. The van der Waals surface area contributed by atoms with Crippen LogP contribution in [0.3, 0.4) is 0 Å². The Morgan fingerprint density at radius 1 is 1.07 bits per heavy atom. The molecule has 0 aromatic rings. The molecule has 15 heavy (non-hydrogen) atoms. The first-order chi connectivity index (χ1) is 7.34. The second kappa shape index (κ2) is 8.12. The zero-order valence-electron chi connectivity index (χ0n) is 10.1. The Hall–Kier alpha value is -0.0800. The van der Waals surface area contributed by atoms with Crippen LogP contribution < -0.4 is 0 Å². The summed E-state index contributed by atoms with van der Waals surface area (Å²) >= 11 is 0. The van der Waals surface area contributed by atoms with Crippen LogP contribution in [0.5, 0.6) is 0 Å². The van der Waals surface area contributed by atoms with Crippen LogP contribution in [-0.4, -0.2) is 23.9 Å². The molecule has 1 heterocycles. The van der Waals surface area contributed by atoms with Crippen molar-refractivity contribution in [3.63, 3.8) is 0 Å². The normalized spacial score (nSPS) is 21.6. The third-order valence-electron chi connectivity index (χ3n) is 3.14. The van der Waals surface area contributed by atoms with Crippen LogP contribution in [0.4, 0.5) is 0 Å². The van der Waals surface area contributed by atoms with E-state index in [2.05, 4.69) is 6.92 Å². The van der Waals surface area contributed by atoms with Gasteiger partial charge in [-0.2, -0.15) is 0 Å². The maximum atomic E-state index is 9.54. The average Bonchev–Trinajstić information content (AvgIpc) is 3.05. The van der Waals surface area contributed by atoms with Crippen LogP contribution in [-0.2, 0) is 4.74 Å². The number of hydrogen-bond acceptors (Lipinski definition) is 2.